The average molecular weight is 639 g/mol. The SMILES string of the molecule is O=C1OC(c2ccccc2)=N/C1=C\c1cc(Br)c(OCc2ccccc2I)c(Br)c1. The van der Waals surface area contributed by atoms with Crippen molar-refractivity contribution in [2.75, 3.05) is 0 Å². The third kappa shape index (κ3) is 4.84. The van der Waals surface area contributed by atoms with Gasteiger partial charge in [0.15, 0.2) is 5.70 Å². The van der Waals surface area contributed by atoms with E-state index in [1.54, 1.807) is 6.08 Å². The van der Waals surface area contributed by atoms with Crippen molar-refractivity contribution in [1.82, 2.24) is 0 Å². The van der Waals surface area contributed by atoms with Crippen LogP contribution in [-0.2, 0) is 16.1 Å². The van der Waals surface area contributed by atoms with Crippen LogP contribution in [0.15, 0.2) is 86.4 Å². The van der Waals surface area contributed by atoms with Gasteiger partial charge in [-0.05, 0) is 96.4 Å². The zero-order valence-corrected chi connectivity index (χ0v) is 20.8. The lowest BCUT2D eigenvalue weighted by molar-refractivity contribution is -0.129. The molecule has 0 spiro atoms. The van der Waals surface area contributed by atoms with Gasteiger partial charge in [0, 0.05) is 14.7 Å². The van der Waals surface area contributed by atoms with Gasteiger partial charge in [-0.1, -0.05) is 36.4 Å². The van der Waals surface area contributed by atoms with Crippen molar-refractivity contribution in [2.24, 2.45) is 4.99 Å². The van der Waals surface area contributed by atoms with Crippen molar-refractivity contribution < 1.29 is 14.3 Å². The van der Waals surface area contributed by atoms with Crippen molar-refractivity contribution in [3.8, 4) is 5.75 Å². The summed E-state index contributed by atoms with van der Waals surface area (Å²) >= 11 is 9.42. The minimum absolute atomic E-state index is 0.250. The minimum Gasteiger partial charge on any atom is -0.486 e. The number of cyclic esters (lactones) is 1. The Labute approximate surface area is 204 Å². The summed E-state index contributed by atoms with van der Waals surface area (Å²) in [5, 5.41) is 0. The van der Waals surface area contributed by atoms with Crippen LogP contribution in [0.3, 0.4) is 0 Å². The summed E-state index contributed by atoms with van der Waals surface area (Å²) in [7, 11) is 0. The van der Waals surface area contributed by atoms with E-state index in [0.29, 0.717) is 18.3 Å². The highest BCUT2D eigenvalue weighted by Crippen LogP contribution is 2.36. The molecule has 0 saturated carbocycles. The number of aliphatic imine (C=N–C) groups is 1. The average Bonchev–Trinajstić information content (AvgIpc) is 3.09. The van der Waals surface area contributed by atoms with Crippen LogP contribution in [0.4, 0.5) is 0 Å². The molecule has 4 nitrogen and oxygen atoms in total. The van der Waals surface area contributed by atoms with E-state index < -0.39 is 5.97 Å². The fraction of sp³-hybridized carbons (Fsp3) is 0.0435. The summed E-state index contributed by atoms with van der Waals surface area (Å²) in [6, 6.07) is 21.2. The Morgan fingerprint density at radius 2 is 1.67 bits per heavy atom. The normalized spacial score (nSPS) is 14.6. The predicted octanol–water partition coefficient (Wildman–Crippen LogP) is 6.74. The standard InChI is InChI=1S/C23H14Br2INO3/c24-17-10-14(11-18(25)21(17)29-13-16-8-4-5-9-19(16)26)12-20-23(28)30-22(27-20)15-6-2-1-3-7-15/h1-12H,13H2/b20-12-. The van der Waals surface area contributed by atoms with Crippen LogP contribution in [0.2, 0.25) is 0 Å². The van der Waals surface area contributed by atoms with E-state index in [1.165, 1.54) is 0 Å². The van der Waals surface area contributed by atoms with E-state index in [4.69, 9.17) is 9.47 Å². The predicted molar refractivity (Wildman–Crippen MR) is 132 cm³/mol. The number of carbonyl (C=O) groups excluding carboxylic acids is 1. The van der Waals surface area contributed by atoms with Gasteiger partial charge in [-0.15, -0.1) is 0 Å². The lowest BCUT2D eigenvalue weighted by atomic mass is 10.2. The third-order valence-corrected chi connectivity index (χ3v) is 6.53. The molecule has 3 aromatic rings. The first-order chi connectivity index (χ1) is 14.5. The fourth-order valence-electron chi connectivity index (χ4n) is 2.84. The summed E-state index contributed by atoms with van der Waals surface area (Å²) < 4.78 is 14.0. The molecule has 4 rings (SSSR count). The van der Waals surface area contributed by atoms with Crippen molar-refractivity contribution in [3.63, 3.8) is 0 Å². The van der Waals surface area contributed by atoms with Gasteiger partial charge >= 0.3 is 5.97 Å². The highest BCUT2D eigenvalue weighted by molar-refractivity contribution is 14.1. The van der Waals surface area contributed by atoms with Gasteiger partial charge in [0.2, 0.25) is 5.90 Å². The molecule has 0 fully saturated rings. The first-order valence-corrected chi connectivity index (χ1v) is 11.6. The summed E-state index contributed by atoms with van der Waals surface area (Å²) in [5.41, 5.74) is 2.91. The largest absolute Gasteiger partial charge is 0.486 e. The van der Waals surface area contributed by atoms with Crippen LogP contribution >= 0.6 is 54.5 Å². The Kier molecular flexibility index (Phi) is 6.70. The molecular weight excluding hydrogens is 625 g/mol. The van der Waals surface area contributed by atoms with Crippen molar-refractivity contribution in [3.05, 3.63) is 102 Å². The van der Waals surface area contributed by atoms with Gasteiger partial charge < -0.3 is 9.47 Å². The molecule has 1 heterocycles. The number of benzene rings is 3. The molecule has 0 N–H and O–H groups in total. The highest BCUT2D eigenvalue weighted by atomic mass is 127. The van der Waals surface area contributed by atoms with Crippen LogP contribution in [-0.4, -0.2) is 11.9 Å². The molecule has 0 saturated heterocycles. The molecule has 0 aliphatic carbocycles. The maximum atomic E-state index is 12.2. The fourth-order valence-corrected chi connectivity index (χ4v) is 4.83. The molecule has 0 aromatic heterocycles. The number of ether oxygens (including phenoxy) is 2. The molecular formula is C23H14Br2INO3. The van der Waals surface area contributed by atoms with Crippen LogP contribution in [0.25, 0.3) is 6.08 Å². The number of esters is 1. The van der Waals surface area contributed by atoms with Gasteiger partial charge in [-0.2, -0.15) is 0 Å². The second-order valence-corrected chi connectivity index (χ2v) is 9.27. The van der Waals surface area contributed by atoms with E-state index in [2.05, 4.69) is 59.4 Å². The lowest BCUT2D eigenvalue weighted by Gasteiger charge is -2.12. The Morgan fingerprint density at radius 1 is 1.00 bits per heavy atom. The molecule has 7 heteroatoms. The van der Waals surface area contributed by atoms with Gasteiger partial charge in [-0.25, -0.2) is 9.79 Å². The van der Waals surface area contributed by atoms with E-state index in [1.807, 2.05) is 66.7 Å². The molecule has 1 aliphatic heterocycles. The molecule has 30 heavy (non-hydrogen) atoms. The third-order valence-electron chi connectivity index (χ3n) is 4.30. The minimum atomic E-state index is -0.472. The van der Waals surface area contributed by atoms with E-state index in [9.17, 15) is 4.79 Å². The number of hydrogen-bond donors (Lipinski definition) is 0. The Hall–Kier alpha value is -1.97. The number of hydrogen-bond acceptors (Lipinski definition) is 4. The summed E-state index contributed by atoms with van der Waals surface area (Å²) in [6.45, 7) is 0.452. The molecule has 3 aromatic carbocycles. The summed E-state index contributed by atoms with van der Waals surface area (Å²) in [4.78, 5) is 16.6. The Balaban J connectivity index is 1.56. The van der Waals surface area contributed by atoms with Gasteiger partial charge in [0.05, 0.1) is 8.95 Å². The van der Waals surface area contributed by atoms with Crippen molar-refractivity contribution in [1.29, 1.82) is 0 Å². The number of carbonyl (C=O) groups is 1. The highest BCUT2D eigenvalue weighted by Gasteiger charge is 2.24. The molecule has 0 amide bonds. The Morgan fingerprint density at radius 3 is 2.37 bits per heavy atom. The first-order valence-electron chi connectivity index (χ1n) is 8.94. The second kappa shape index (κ2) is 9.45. The molecule has 0 atom stereocenters. The van der Waals surface area contributed by atoms with Crippen LogP contribution in [0.5, 0.6) is 5.75 Å². The van der Waals surface area contributed by atoms with E-state index >= 15 is 0 Å². The van der Waals surface area contributed by atoms with Gasteiger partial charge in [-0.3, -0.25) is 0 Å². The number of halogens is 3. The maximum absolute atomic E-state index is 12.2. The van der Waals surface area contributed by atoms with E-state index in [-0.39, 0.29) is 5.70 Å². The maximum Gasteiger partial charge on any atom is 0.363 e. The van der Waals surface area contributed by atoms with Crippen molar-refractivity contribution in [2.45, 2.75) is 6.61 Å². The first kappa shape index (κ1) is 21.3. The zero-order chi connectivity index (χ0) is 21.1. The molecule has 0 bridgehead atoms. The topological polar surface area (TPSA) is 47.9 Å². The van der Waals surface area contributed by atoms with Crippen LogP contribution < -0.4 is 4.74 Å². The second-order valence-electron chi connectivity index (χ2n) is 6.40. The lowest BCUT2D eigenvalue weighted by Crippen LogP contribution is -2.04. The summed E-state index contributed by atoms with van der Waals surface area (Å²) in [5.74, 6) is 0.529. The van der Waals surface area contributed by atoms with E-state index in [0.717, 1.165) is 29.2 Å². The monoisotopic (exact) mass is 637 g/mol. The van der Waals surface area contributed by atoms with Crippen LogP contribution in [0.1, 0.15) is 16.7 Å². The number of rotatable bonds is 5. The molecule has 1 aliphatic rings. The smallest absolute Gasteiger partial charge is 0.363 e. The van der Waals surface area contributed by atoms with Crippen LogP contribution in [0, 0.1) is 3.57 Å². The van der Waals surface area contributed by atoms with Crippen molar-refractivity contribution >= 4 is 72.4 Å². The summed E-state index contributed by atoms with van der Waals surface area (Å²) in [6.07, 6.45) is 1.69. The van der Waals surface area contributed by atoms with Gasteiger partial charge in [0.1, 0.15) is 12.4 Å². The molecule has 150 valence electrons. The Bertz CT molecular complexity index is 1150. The number of nitrogens with zero attached hydrogens (tertiary/aromatic N) is 1. The molecule has 0 unspecified atom stereocenters. The van der Waals surface area contributed by atoms with Gasteiger partial charge in [0.25, 0.3) is 0 Å². The quantitative estimate of drug-likeness (QED) is 0.177. The zero-order valence-electron chi connectivity index (χ0n) is 15.4. The molecule has 0 radical (unpaired) electrons.